The maximum absolute atomic E-state index is 11.6. The number of carbonyl (C=O) groups excluding carboxylic acids is 1. The molecule has 4 nitrogen and oxygen atoms in total. The van der Waals surface area contributed by atoms with E-state index < -0.39 is 9.96 Å². The van der Waals surface area contributed by atoms with E-state index in [1.54, 1.807) is 26.2 Å². The molecule has 1 aromatic rings. The van der Waals surface area contributed by atoms with Gasteiger partial charge in [0.05, 0.1) is 6.33 Å². The van der Waals surface area contributed by atoms with Crippen LogP contribution in [0.15, 0.2) is 18.7 Å². The molecule has 0 unspecified atom stereocenters. The lowest BCUT2D eigenvalue weighted by molar-refractivity contribution is -0.125. The topological polar surface area (TPSA) is 46.9 Å². The van der Waals surface area contributed by atoms with Crippen LogP contribution in [-0.2, 0) is 4.79 Å². The van der Waals surface area contributed by atoms with Gasteiger partial charge in [-0.1, -0.05) is 48.7 Å². The first kappa shape index (κ1) is 13.6. The Morgan fingerprint density at radius 1 is 1.44 bits per heavy atom. The van der Waals surface area contributed by atoms with Crippen molar-refractivity contribution in [3.05, 3.63) is 18.7 Å². The molecular weight excluding hydrogens is 272 g/mol. The lowest BCUT2D eigenvalue weighted by atomic mass is 10.2. The highest BCUT2D eigenvalue weighted by Gasteiger charge is 2.35. The molecule has 0 aliphatic carbocycles. The Balaban J connectivity index is 2.86. The highest BCUT2D eigenvalue weighted by molar-refractivity contribution is 6.67. The second-order valence-electron chi connectivity index (χ2n) is 3.62. The van der Waals surface area contributed by atoms with Crippen LogP contribution in [0.5, 0.6) is 0 Å². The van der Waals surface area contributed by atoms with Gasteiger partial charge in [0.15, 0.2) is 6.17 Å². The molecular formula is C9H12Cl3N3O. The molecule has 7 heteroatoms. The molecule has 0 aromatic carbocycles. The fourth-order valence-corrected chi connectivity index (χ4v) is 1.55. The van der Waals surface area contributed by atoms with Gasteiger partial charge in [0.25, 0.3) is 0 Å². The summed E-state index contributed by atoms with van der Waals surface area (Å²) in [5, 5.41) is 2.65. The van der Waals surface area contributed by atoms with Crippen LogP contribution in [0.1, 0.15) is 20.0 Å². The minimum absolute atomic E-state index is 0.182. The lowest BCUT2D eigenvalue weighted by Crippen LogP contribution is -2.41. The van der Waals surface area contributed by atoms with Gasteiger partial charge in [-0.15, -0.1) is 0 Å². The first-order chi connectivity index (χ1) is 7.32. The first-order valence-corrected chi connectivity index (χ1v) is 5.80. The zero-order valence-corrected chi connectivity index (χ0v) is 11.1. The summed E-state index contributed by atoms with van der Waals surface area (Å²) in [5.74, 6) is -0.372. The second-order valence-corrected chi connectivity index (χ2v) is 5.99. The average molecular weight is 285 g/mol. The number of hydrogen-bond donors (Lipinski definition) is 1. The maximum atomic E-state index is 11.6. The Kier molecular flexibility index (Phi) is 4.47. The predicted molar refractivity (Wildman–Crippen MR) is 64.5 cm³/mol. The van der Waals surface area contributed by atoms with E-state index in [2.05, 4.69) is 10.3 Å². The summed E-state index contributed by atoms with van der Waals surface area (Å²) in [6, 6.07) is 0. The largest absolute Gasteiger partial charge is 0.332 e. The monoisotopic (exact) mass is 283 g/mol. The van der Waals surface area contributed by atoms with E-state index in [-0.39, 0.29) is 11.8 Å². The molecule has 0 spiro atoms. The summed E-state index contributed by atoms with van der Waals surface area (Å²) in [7, 11) is 0. The molecule has 1 rings (SSSR count). The van der Waals surface area contributed by atoms with E-state index in [4.69, 9.17) is 34.8 Å². The van der Waals surface area contributed by atoms with Crippen LogP contribution in [0.25, 0.3) is 0 Å². The van der Waals surface area contributed by atoms with Gasteiger partial charge in [0, 0.05) is 18.3 Å². The van der Waals surface area contributed by atoms with Crippen LogP contribution in [-0.4, -0.2) is 19.3 Å². The molecule has 90 valence electrons. The zero-order chi connectivity index (χ0) is 12.3. The van der Waals surface area contributed by atoms with Gasteiger partial charge in [0.1, 0.15) is 0 Å². The van der Waals surface area contributed by atoms with Crippen molar-refractivity contribution < 1.29 is 4.79 Å². The highest BCUT2D eigenvalue weighted by atomic mass is 35.6. The SMILES string of the molecule is CC(C)C(=O)N[C@@H](n1ccnc1)C(Cl)(Cl)Cl. The molecule has 1 amide bonds. The fourth-order valence-electron chi connectivity index (χ4n) is 1.05. The van der Waals surface area contributed by atoms with Gasteiger partial charge < -0.3 is 9.88 Å². The van der Waals surface area contributed by atoms with Gasteiger partial charge in [-0.2, -0.15) is 0 Å². The van der Waals surface area contributed by atoms with Crippen LogP contribution >= 0.6 is 34.8 Å². The summed E-state index contributed by atoms with van der Waals surface area (Å²) in [5.41, 5.74) is 0. The number of halogens is 3. The number of nitrogens with one attached hydrogen (secondary N) is 1. The van der Waals surface area contributed by atoms with Crippen molar-refractivity contribution in [2.45, 2.75) is 23.8 Å². The molecule has 1 atom stereocenters. The van der Waals surface area contributed by atoms with Crippen molar-refractivity contribution in [3.63, 3.8) is 0 Å². The fraction of sp³-hybridized carbons (Fsp3) is 0.556. The van der Waals surface area contributed by atoms with E-state index >= 15 is 0 Å². The number of carbonyl (C=O) groups is 1. The molecule has 0 bridgehead atoms. The Labute approximate surface area is 109 Å². The van der Waals surface area contributed by atoms with Crippen LogP contribution in [0, 0.1) is 5.92 Å². The molecule has 0 fully saturated rings. The molecule has 0 radical (unpaired) electrons. The molecule has 1 aromatic heterocycles. The molecule has 0 saturated heterocycles. The summed E-state index contributed by atoms with van der Waals surface area (Å²) in [4.78, 5) is 15.4. The Hall–Kier alpha value is -0.450. The third-order valence-electron chi connectivity index (χ3n) is 1.94. The molecule has 1 heterocycles. The summed E-state index contributed by atoms with van der Waals surface area (Å²) in [6.45, 7) is 3.53. The molecule has 1 N–H and O–H groups in total. The molecule has 0 aliphatic heterocycles. The maximum Gasteiger partial charge on any atom is 0.229 e. The number of nitrogens with zero attached hydrogens (tertiary/aromatic N) is 2. The zero-order valence-electron chi connectivity index (χ0n) is 8.82. The predicted octanol–water partition coefficient (Wildman–Crippen LogP) is 2.52. The van der Waals surface area contributed by atoms with E-state index in [1.807, 2.05) is 0 Å². The molecule has 16 heavy (non-hydrogen) atoms. The second kappa shape index (κ2) is 5.25. The van der Waals surface area contributed by atoms with E-state index in [9.17, 15) is 4.79 Å². The first-order valence-electron chi connectivity index (χ1n) is 4.67. The average Bonchev–Trinajstić information content (AvgIpc) is 2.63. The third kappa shape index (κ3) is 3.54. The van der Waals surface area contributed by atoms with Crippen molar-refractivity contribution in [2.24, 2.45) is 5.92 Å². The van der Waals surface area contributed by atoms with Crippen molar-refractivity contribution >= 4 is 40.7 Å². The number of amides is 1. The highest BCUT2D eigenvalue weighted by Crippen LogP contribution is 2.36. The van der Waals surface area contributed by atoms with Crippen molar-refractivity contribution in [1.82, 2.24) is 14.9 Å². The number of rotatable bonds is 3. The van der Waals surface area contributed by atoms with Crippen molar-refractivity contribution in [3.8, 4) is 0 Å². The lowest BCUT2D eigenvalue weighted by Gasteiger charge is -2.27. The van der Waals surface area contributed by atoms with Crippen LogP contribution in [0.3, 0.4) is 0 Å². The van der Waals surface area contributed by atoms with Crippen molar-refractivity contribution in [1.29, 1.82) is 0 Å². The van der Waals surface area contributed by atoms with Gasteiger partial charge in [-0.3, -0.25) is 4.79 Å². The Morgan fingerprint density at radius 3 is 2.44 bits per heavy atom. The minimum atomic E-state index is -1.63. The third-order valence-corrected chi connectivity index (χ3v) is 2.56. The molecule has 0 saturated carbocycles. The normalized spacial score (nSPS) is 13.9. The van der Waals surface area contributed by atoms with Gasteiger partial charge in [-0.25, -0.2) is 4.98 Å². The van der Waals surface area contributed by atoms with Gasteiger partial charge in [-0.05, 0) is 0 Å². The molecule has 0 aliphatic rings. The van der Waals surface area contributed by atoms with Crippen LogP contribution in [0.4, 0.5) is 0 Å². The number of hydrogen-bond acceptors (Lipinski definition) is 2. The number of aromatic nitrogens is 2. The van der Waals surface area contributed by atoms with E-state index in [0.29, 0.717) is 0 Å². The quantitative estimate of drug-likeness (QED) is 0.867. The Bertz CT molecular complexity index is 345. The smallest absolute Gasteiger partial charge is 0.229 e. The number of imidazole rings is 1. The summed E-state index contributed by atoms with van der Waals surface area (Å²) < 4.78 is -0.0987. The van der Waals surface area contributed by atoms with E-state index in [1.165, 1.54) is 10.9 Å². The number of alkyl halides is 3. The minimum Gasteiger partial charge on any atom is -0.332 e. The Morgan fingerprint density at radius 2 is 2.06 bits per heavy atom. The van der Waals surface area contributed by atoms with Crippen molar-refractivity contribution in [2.75, 3.05) is 0 Å². The van der Waals surface area contributed by atoms with Gasteiger partial charge >= 0.3 is 0 Å². The van der Waals surface area contributed by atoms with Crippen LogP contribution < -0.4 is 5.32 Å². The summed E-state index contributed by atoms with van der Waals surface area (Å²) >= 11 is 17.4. The van der Waals surface area contributed by atoms with Gasteiger partial charge in [0.2, 0.25) is 9.70 Å². The summed E-state index contributed by atoms with van der Waals surface area (Å²) in [6.07, 6.45) is 3.88. The van der Waals surface area contributed by atoms with Crippen LogP contribution in [0.2, 0.25) is 0 Å². The van der Waals surface area contributed by atoms with E-state index in [0.717, 1.165) is 0 Å². The standard InChI is InChI=1S/C9H12Cl3N3O/c1-6(2)7(16)14-8(9(10,11)12)15-4-3-13-5-15/h3-6,8H,1-2H3,(H,14,16)/t8-/m0/s1.